The van der Waals surface area contributed by atoms with Crippen LogP contribution in [0.2, 0.25) is 0 Å². The maximum Gasteiger partial charge on any atom is 0.221 e. The van der Waals surface area contributed by atoms with Crippen LogP contribution in [0.3, 0.4) is 0 Å². The number of aromatic nitrogens is 1. The van der Waals surface area contributed by atoms with E-state index in [0.717, 1.165) is 29.3 Å². The lowest BCUT2D eigenvalue weighted by Gasteiger charge is -2.23. The van der Waals surface area contributed by atoms with Crippen molar-refractivity contribution in [3.05, 3.63) is 40.7 Å². The highest BCUT2D eigenvalue weighted by molar-refractivity contribution is 7.10. The van der Waals surface area contributed by atoms with Crippen molar-refractivity contribution in [2.24, 2.45) is 0 Å². The van der Waals surface area contributed by atoms with E-state index in [1.54, 1.807) is 11.3 Å². The number of morpholine rings is 1. The van der Waals surface area contributed by atoms with E-state index in [2.05, 4.69) is 15.6 Å². The van der Waals surface area contributed by atoms with Gasteiger partial charge in [0.25, 0.3) is 0 Å². The molecule has 116 valence electrons. The summed E-state index contributed by atoms with van der Waals surface area (Å²) in [5.41, 5.74) is 3.85. The number of benzene rings is 1. The number of rotatable bonds is 5. The van der Waals surface area contributed by atoms with Crippen molar-refractivity contribution in [1.29, 1.82) is 0 Å². The third-order valence-electron chi connectivity index (χ3n) is 3.56. The van der Waals surface area contributed by atoms with Gasteiger partial charge in [0.2, 0.25) is 5.91 Å². The molecule has 0 saturated carbocycles. The molecule has 0 radical (unpaired) electrons. The molecule has 0 spiro atoms. The average molecular weight is 317 g/mol. The van der Waals surface area contributed by atoms with Gasteiger partial charge in [-0.05, 0) is 0 Å². The molecule has 0 aliphatic carbocycles. The molecule has 0 unspecified atom stereocenters. The zero-order valence-electron chi connectivity index (χ0n) is 12.2. The molecule has 1 atom stereocenters. The molecular weight excluding hydrogens is 298 g/mol. The van der Waals surface area contributed by atoms with E-state index in [1.165, 1.54) is 0 Å². The van der Waals surface area contributed by atoms with Crippen molar-refractivity contribution in [2.45, 2.75) is 19.0 Å². The summed E-state index contributed by atoms with van der Waals surface area (Å²) >= 11 is 1.57. The summed E-state index contributed by atoms with van der Waals surface area (Å²) in [5.74, 6) is 0.0374. The third-order valence-corrected chi connectivity index (χ3v) is 4.40. The van der Waals surface area contributed by atoms with Crippen molar-refractivity contribution >= 4 is 17.2 Å². The fraction of sp³-hybridized carbons (Fsp3) is 0.375. The second-order valence-electron chi connectivity index (χ2n) is 5.20. The van der Waals surface area contributed by atoms with Gasteiger partial charge in [0, 0.05) is 24.6 Å². The smallest absolute Gasteiger partial charge is 0.221 e. The highest BCUT2D eigenvalue weighted by Crippen LogP contribution is 2.24. The van der Waals surface area contributed by atoms with E-state index in [4.69, 9.17) is 4.74 Å². The molecule has 1 aromatic heterocycles. The van der Waals surface area contributed by atoms with Gasteiger partial charge in [-0.3, -0.25) is 4.79 Å². The SMILES string of the molecule is O=C(C[C@@H]1COCCN1)NCc1scnc1-c1ccccc1. The Bertz CT molecular complexity index is 609. The van der Waals surface area contributed by atoms with Gasteiger partial charge in [-0.15, -0.1) is 11.3 Å². The number of amides is 1. The predicted octanol–water partition coefficient (Wildman–Crippen LogP) is 1.80. The van der Waals surface area contributed by atoms with Crippen LogP contribution < -0.4 is 10.6 Å². The average Bonchev–Trinajstić information content (AvgIpc) is 3.03. The van der Waals surface area contributed by atoms with E-state index in [0.29, 0.717) is 19.6 Å². The lowest BCUT2D eigenvalue weighted by atomic mass is 10.1. The monoisotopic (exact) mass is 317 g/mol. The number of thiazole rings is 1. The molecule has 1 aliphatic rings. The van der Waals surface area contributed by atoms with Crippen LogP contribution in [-0.2, 0) is 16.1 Å². The maximum atomic E-state index is 12.0. The molecule has 1 aromatic carbocycles. The highest BCUT2D eigenvalue weighted by atomic mass is 32.1. The summed E-state index contributed by atoms with van der Waals surface area (Å²) in [6.07, 6.45) is 0.444. The topological polar surface area (TPSA) is 63.2 Å². The standard InChI is InChI=1S/C16H19N3O2S/c20-15(8-13-10-21-7-6-17-13)18-9-14-16(19-11-22-14)12-4-2-1-3-5-12/h1-5,11,13,17H,6-10H2,(H,18,20)/t13-/m1/s1. The molecule has 2 aromatic rings. The first-order valence-corrected chi connectivity index (χ1v) is 8.26. The van der Waals surface area contributed by atoms with Gasteiger partial charge in [-0.1, -0.05) is 30.3 Å². The molecule has 1 amide bonds. The second kappa shape index (κ2) is 7.49. The minimum atomic E-state index is 0.0374. The first-order valence-electron chi connectivity index (χ1n) is 7.38. The number of hydrogen-bond donors (Lipinski definition) is 2. The quantitative estimate of drug-likeness (QED) is 0.883. The van der Waals surface area contributed by atoms with Crippen LogP contribution in [0.5, 0.6) is 0 Å². The summed E-state index contributed by atoms with van der Waals surface area (Å²) in [7, 11) is 0. The molecule has 3 rings (SSSR count). The summed E-state index contributed by atoms with van der Waals surface area (Å²) in [6.45, 7) is 2.65. The zero-order valence-corrected chi connectivity index (χ0v) is 13.1. The Kier molecular flexibility index (Phi) is 5.15. The first-order chi connectivity index (χ1) is 10.8. The third kappa shape index (κ3) is 3.91. The Labute approximate surface area is 133 Å². The Morgan fingerprint density at radius 1 is 1.41 bits per heavy atom. The van der Waals surface area contributed by atoms with Gasteiger partial charge < -0.3 is 15.4 Å². The Morgan fingerprint density at radius 2 is 2.27 bits per heavy atom. The first kappa shape index (κ1) is 15.1. The minimum Gasteiger partial charge on any atom is -0.378 e. The number of carbonyl (C=O) groups is 1. The highest BCUT2D eigenvalue weighted by Gasteiger charge is 2.17. The molecule has 2 heterocycles. The Balaban J connectivity index is 1.55. The molecule has 22 heavy (non-hydrogen) atoms. The maximum absolute atomic E-state index is 12.0. The predicted molar refractivity (Wildman–Crippen MR) is 86.6 cm³/mol. The van der Waals surface area contributed by atoms with Gasteiger partial charge in [-0.2, -0.15) is 0 Å². The van der Waals surface area contributed by atoms with E-state index in [9.17, 15) is 4.79 Å². The zero-order chi connectivity index (χ0) is 15.2. The number of ether oxygens (including phenoxy) is 1. The van der Waals surface area contributed by atoms with Crippen LogP contribution in [0.1, 0.15) is 11.3 Å². The molecule has 1 aliphatic heterocycles. The number of hydrogen-bond acceptors (Lipinski definition) is 5. The molecule has 1 fully saturated rings. The van der Waals surface area contributed by atoms with Crippen LogP contribution in [0.4, 0.5) is 0 Å². The largest absolute Gasteiger partial charge is 0.378 e. The van der Waals surface area contributed by atoms with E-state index < -0.39 is 0 Å². The van der Waals surface area contributed by atoms with Crippen LogP contribution in [0.25, 0.3) is 11.3 Å². The molecule has 1 saturated heterocycles. The Morgan fingerprint density at radius 3 is 3.05 bits per heavy atom. The van der Waals surface area contributed by atoms with Gasteiger partial charge >= 0.3 is 0 Å². The van der Waals surface area contributed by atoms with Crippen LogP contribution in [-0.4, -0.2) is 36.7 Å². The van der Waals surface area contributed by atoms with Gasteiger partial charge in [0.05, 0.1) is 35.8 Å². The minimum absolute atomic E-state index is 0.0374. The molecule has 0 bridgehead atoms. The number of carbonyl (C=O) groups excluding carboxylic acids is 1. The van der Waals surface area contributed by atoms with Crippen molar-refractivity contribution in [2.75, 3.05) is 19.8 Å². The van der Waals surface area contributed by atoms with Crippen LogP contribution in [0.15, 0.2) is 35.8 Å². The van der Waals surface area contributed by atoms with Crippen LogP contribution in [0, 0.1) is 0 Å². The fourth-order valence-corrected chi connectivity index (χ4v) is 3.18. The normalized spacial score (nSPS) is 18.1. The number of nitrogens with zero attached hydrogens (tertiary/aromatic N) is 1. The molecule has 2 N–H and O–H groups in total. The van der Waals surface area contributed by atoms with Crippen molar-refractivity contribution in [1.82, 2.24) is 15.6 Å². The van der Waals surface area contributed by atoms with Gasteiger partial charge in [0.15, 0.2) is 0 Å². The summed E-state index contributed by atoms with van der Waals surface area (Å²) in [6, 6.07) is 10.1. The van der Waals surface area contributed by atoms with E-state index in [-0.39, 0.29) is 11.9 Å². The van der Waals surface area contributed by atoms with Crippen LogP contribution >= 0.6 is 11.3 Å². The lowest BCUT2D eigenvalue weighted by Crippen LogP contribution is -2.44. The van der Waals surface area contributed by atoms with Crippen molar-refractivity contribution in [3.63, 3.8) is 0 Å². The summed E-state index contributed by atoms with van der Waals surface area (Å²) < 4.78 is 5.36. The summed E-state index contributed by atoms with van der Waals surface area (Å²) in [4.78, 5) is 17.5. The van der Waals surface area contributed by atoms with Crippen molar-refractivity contribution < 1.29 is 9.53 Å². The van der Waals surface area contributed by atoms with E-state index in [1.807, 2.05) is 35.8 Å². The molecule has 5 nitrogen and oxygen atoms in total. The van der Waals surface area contributed by atoms with Gasteiger partial charge in [-0.25, -0.2) is 4.98 Å². The van der Waals surface area contributed by atoms with Gasteiger partial charge in [0.1, 0.15) is 0 Å². The molecule has 6 heteroatoms. The lowest BCUT2D eigenvalue weighted by molar-refractivity contribution is -0.122. The van der Waals surface area contributed by atoms with Crippen molar-refractivity contribution in [3.8, 4) is 11.3 Å². The summed E-state index contributed by atoms with van der Waals surface area (Å²) in [5, 5.41) is 6.26. The number of nitrogens with one attached hydrogen (secondary N) is 2. The van der Waals surface area contributed by atoms with E-state index >= 15 is 0 Å². The second-order valence-corrected chi connectivity index (χ2v) is 6.14. The molecular formula is C16H19N3O2S. The Hall–Kier alpha value is -1.76. The fourth-order valence-electron chi connectivity index (χ4n) is 2.45.